The van der Waals surface area contributed by atoms with Crippen LogP contribution in [0.5, 0.6) is 0 Å². The van der Waals surface area contributed by atoms with E-state index in [4.69, 9.17) is 9.97 Å². The molecule has 0 saturated carbocycles. The average molecular weight is 373 g/mol. The Morgan fingerprint density at radius 3 is 2.07 bits per heavy atom. The normalized spacial score (nSPS) is 15.6. The van der Waals surface area contributed by atoms with Gasteiger partial charge in [-0.1, -0.05) is 72.8 Å². The minimum absolute atomic E-state index is 0.187. The Morgan fingerprint density at radius 1 is 0.690 bits per heavy atom. The summed E-state index contributed by atoms with van der Waals surface area (Å²) in [5.41, 5.74) is 5.64. The number of aromatic nitrogens is 2. The largest absolute Gasteiger partial charge is 0.369 e. The van der Waals surface area contributed by atoms with E-state index in [-0.39, 0.29) is 6.04 Å². The third-order valence-corrected chi connectivity index (χ3v) is 5.83. The first-order chi connectivity index (χ1) is 14.3. The van der Waals surface area contributed by atoms with Gasteiger partial charge in [-0.15, -0.1) is 0 Å². The van der Waals surface area contributed by atoms with Crippen LogP contribution in [0.15, 0.2) is 84.9 Å². The van der Waals surface area contributed by atoms with Gasteiger partial charge in [-0.3, -0.25) is 0 Å². The summed E-state index contributed by atoms with van der Waals surface area (Å²) in [6.07, 6.45) is 2.24. The van der Waals surface area contributed by atoms with E-state index in [1.807, 2.05) is 18.2 Å². The summed E-state index contributed by atoms with van der Waals surface area (Å²) >= 11 is 0. The molecule has 0 saturated heterocycles. The van der Waals surface area contributed by atoms with Crippen LogP contribution in [0.1, 0.15) is 17.2 Å². The van der Waals surface area contributed by atoms with Crippen LogP contribution >= 0.6 is 0 Å². The molecule has 4 aromatic carbocycles. The second-order valence-corrected chi connectivity index (χ2v) is 7.62. The van der Waals surface area contributed by atoms with E-state index in [0.29, 0.717) is 0 Å². The van der Waals surface area contributed by atoms with Crippen LogP contribution in [0.2, 0.25) is 0 Å². The van der Waals surface area contributed by atoms with Gasteiger partial charge in [-0.25, -0.2) is 9.97 Å². The number of benzene rings is 4. The van der Waals surface area contributed by atoms with Gasteiger partial charge in [0, 0.05) is 29.6 Å². The van der Waals surface area contributed by atoms with Gasteiger partial charge in [0.2, 0.25) is 0 Å². The molecular weight excluding hydrogens is 354 g/mol. The molecule has 138 valence electrons. The molecule has 3 heteroatoms. The van der Waals surface area contributed by atoms with Gasteiger partial charge in [0.05, 0.1) is 17.1 Å². The monoisotopic (exact) mass is 373 g/mol. The molecule has 6 rings (SSSR count). The van der Waals surface area contributed by atoms with Crippen molar-refractivity contribution in [1.82, 2.24) is 14.9 Å². The molecule has 1 aliphatic rings. The molecule has 0 N–H and O–H groups in total. The van der Waals surface area contributed by atoms with Crippen LogP contribution in [-0.4, -0.2) is 21.9 Å². The Balaban J connectivity index is 1.66. The number of hydrogen-bond acceptors (Lipinski definition) is 3. The average Bonchev–Trinajstić information content (AvgIpc) is 2.78. The highest BCUT2D eigenvalue weighted by atomic mass is 15.1. The standard InChI is InChI=1S/C26H19N3/c1-29-16-19-12-14-21-24-22(28-26(27-21)18-10-6-3-7-11-18)15-13-20(23(19)24)25(29)17-8-4-2-5-9-17/h2-16,25H,1H3. The van der Waals surface area contributed by atoms with Crippen molar-refractivity contribution in [3.63, 3.8) is 0 Å². The molecule has 1 aromatic heterocycles. The number of rotatable bonds is 2. The van der Waals surface area contributed by atoms with Crippen molar-refractivity contribution < 1.29 is 0 Å². The van der Waals surface area contributed by atoms with Crippen LogP contribution in [0.3, 0.4) is 0 Å². The minimum Gasteiger partial charge on any atom is -0.369 e. The van der Waals surface area contributed by atoms with E-state index in [0.717, 1.165) is 27.8 Å². The Bertz CT molecular complexity index is 1390. The number of hydrogen-bond donors (Lipinski definition) is 0. The van der Waals surface area contributed by atoms with Crippen molar-refractivity contribution in [2.24, 2.45) is 0 Å². The predicted octanol–water partition coefficient (Wildman–Crippen LogP) is 4.94. The fourth-order valence-corrected chi connectivity index (χ4v) is 4.57. The Kier molecular flexibility index (Phi) is 3.44. The Hall–Kier alpha value is -3.72. The first kappa shape index (κ1) is 16.3. The zero-order valence-corrected chi connectivity index (χ0v) is 16.1. The zero-order chi connectivity index (χ0) is 19.4. The second-order valence-electron chi connectivity index (χ2n) is 7.62. The summed E-state index contributed by atoms with van der Waals surface area (Å²) in [4.78, 5) is 12.1. The fraction of sp³-hybridized carbons (Fsp3) is 0.0769. The zero-order valence-electron chi connectivity index (χ0n) is 16.1. The third kappa shape index (κ3) is 2.44. The smallest absolute Gasteiger partial charge is 0.160 e. The summed E-state index contributed by atoms with van der Waals surface area (Å²) in [5.74, 6) is 0.776. The lowest BCUT2D eigenvalue weighted by Gasteiger charge is -2.32. The highest BCUT2D eigenvalue weighted by Crippen LogP contribution is 2.37. The molecule has 0 amide bonds. The SMILES string of the molecule is CN1C=c2ccc3nc(-c4ccccc4)nc4ccc(c2c43)C1c1ccccc1. The van der Waals surface area contributed by atoms with Gasteiger partial charge < -0.3 is 4.90 Å². The quantitative estimate of drug-likeness (QED) is 0.439. The van der Waals surface area contributed by atoms with Crippen molar-refractivity contribution in [3.05, 3.63) is 101 Å². The van der Waals surface area contributed by atoms with Crippen molar-refractivity contribution in [1.29, 1.82) is 0 Å². The van der Waals surface area contributed by atoms with Crippen LogP contribution < -0.4 is 5.22 Å². The van der Waals surface area contributed by atoms with Crippen molar-refractivity contribution in [3.8, 4) is 11.4 Å². The first-order valence-corrected chi connectivity index (χ1v) is 9.87. The second kappa shape index (κ2) is 6.14. The van der Waals surface area contributed by atoms with E-state index in [1.165, 1.54) is 21.7 Å². The van der Waals surface area contributed by atoms with Gasteiger partial charge in [0.25, 0.3) is 0 Å². The van der Waals surface area contributed by atoms with Gasteiger partial charge in [-0.2, -0.15) is 0 Å². The van der Waals surface area contributed by atoms with E-state index in [2.05, 4.69) is 84.9 Å². The van der Waals surface area contributed by atoms with Crippen LogP contribution in [0.25, 0.3) is 39.4 Å². The van der Waals surface area contributed by atoms with Gasteiger partial charge in [0.1, 0.15) is 0 Å². The lowest BCUT2D eigenvalue weighted by Crippen LogP contribution is -2.28. The molecule has 0 bridgehead atoms. The maximum absolute atomic E-state index is 4.91. The summed E-state index contributed by atoms with van der Waals surface area (Å²) in [7, 11) is 2.15. The maximum Gasteiger partial charge on any atom is 0.160 e. The number of nitrogens with zero attached hydrogens (tertiary/aromatic N) is 3. The lowest BCUT2D eigenvalue weighted by molar-refractivity contribution is 0.418. The Morgan fingerprint density at radius 2 is 1.34 bits per heavy atom. The van der Waals surface area contributed by atoms with Gasteiger partial charge in [0.15, 0.2) is 5.82 Å². The molecule has 1 atom stereocenters. The summed E-state index contributed by atoms with van der Waals surface area (Å²) in [6.45, 7) is 0. The molecule has 1 aliphatic heterocycles. The summed E-state index contributed by atoms with van der Waals surface area (Å²) in [5, 5.41) is 3.65. The topological polar surface area (TPSA) is 29.0 Å². The molecule has 3 nitrogen and oxygen atoms in total. The van der Waals surface area contributed by atoms with E-state index < -0.39 is 0 Å². The van der Waals surface area contributed by atoms with Crippen molar-refractivity contribution in [2.75, 3.05) is 7.05 Å². The molecule has 0 radical (unpaired) electrons. The van der Waals surface area contributed by atoms with E-state index in [9.17, 15) is 0 Å². The predicted molar refractivity (Wildman–Crippen MR) is 118 cm³/mol. The minimum atomic E-state index is 0.187. The van der Waals surface area contributed by atoms with Crippen LogP contribution in [0, 0.1) is 0 Å². The molecule has 2 heterocycles. The van der Waals surface area contributed by atoms with Gasteiger partial charge in [-0.05, 0) is 28.5 Å². The molecular formula is C26H19N3. The molecule has 1 unspecified atom stereocenters. The summed E-state index contributed by atoms with van der Waals surface area (Å²) < 4.78 is 0. The van der Waals surface area contributed by atoms with Crippen LogP contribution in [-0.2, 0) is 0 Å². The van der Waals surface area contributed by atoms with Crippen molar-refractivity contribution in [2.45, 2.75) is 6.04 Å². The van der Waals surface area contributed by atoms with Crippen LogP contribution in [0.4, 0.5) is 0 Å². The van der Waals surface area contributed by atoms with E-state index >= 15 is 0 Å². The molecule has 5 aromatic rings. The molecule has 0 spiro atoms. The van der Waals surface area contributed by atoms with Gasteiger partial charge >= 0.3 is 0 Å². The maximum atomic E-state index is 4.91. The lowest BCUT2D eigenvalue weighted by atomic mass is 9.89. The third-order valence-electron chi connectivity index (χ3n) is 5.83. The highest BCUT2D eigenvalue weighted by molar-refractivity contribution is 6.09. The summed E-state index contributed by atoms with van der Waals surface area (Å²) in [6, 6.07) is 29.7. The fourth-order valence-electron chi connectivity index (χ4n) is 4.57. The van der Waals surface area contributed by atoms with E-state index in [1.54, 1.807) is 0 Å². The molecule has 0 fully saturated rings. The highest BCUT2D eigenvalue weighted by Gasteiger charge is 2.25. The molecule has 29 heavy (non-hydrogen) atoms. The first-order valence-electron chi connectivity index (χ1n) is 9.87. The Labute approximate surface area is 168 Å². The molecule has 0 aliphatic carbocycles. The van der Waals surface area contributed by atoms with Crippen molar-refractivity contribution >= 4 is 28.0 Å².